The number of non-ortho nitro benzene ring substituents is 1. The molecule has 0 spiro atoms. The minimum absolute atomic E-state index is 0.0307. The summed E-state index contributed by atoms with van der Waals surface area (Å²) in [6.45, 7) is 0. The average molecular weight is 342 g/mol. The quantitative estimate of drug-likeness (QED) is 0.404. The Bertz CT molecular complexity index is 871. The lowest BCUT2D eigenvalue weighted by Crippen LogP contribution is -1.91. The van der Waals surface area contributed by atoms with Crippen molar-refractivity contribution in [2.75, 3.05) is 5.43 Å². The molecule has 0 amide bonds. The predicted octanol–water partition coefficient (Wildman–Crippen LogP) is 4.95. The van der Waals surface area contributed by atoms with Crippen LogP contribution in [0.1, 0.15) is 5.76 Å². The molecular formula is C17H12ClN3O3. The van der Waals surface area contributed by atoms with Crippen molar-refractivity contribution in [2.24, 2.45) is 5.10 Å². The summed E-state index contributed by atoms with van der Waals surface area (Å²) in [6, 6.07) is 16.9. The summed E-state index contributed by atoms with van der Waals surface area (Å²) in [5.41, 5.74) is 4.37. The average Bonchev–Trinajstić information content (AvgIpc) is 3.05. The Morgan fingerprint density at radius 1 is 1.04 bits per heavy atom. The number of nitrogens with one attached hydrogen (secondary N) is 1. The summed E-state index contributed by atoms with van der Waals surface area (Å²) in [5.74, 6) is 1.29. The maximum atomic E-state index is 10.6. The summed E-state index contributed by atoms with van der Waals surface area (Å²) in [7, 11) is 0. The van der Waals surface area contributed by atoms with E-state index in [2.05, 4.69) is 10.5 Å². The zero-order chi connectivity index (χ0) is 16.9. The molecular weight excluding hydrogens is 330 g/mol. The first-order chi connectivity index (χ1) is 11.6. The molecule has 0 aliphatic rings. The van der Waals surface area contributed by atoms with Gasteiger partial charge >= 0.3 is 0 Å². The third-order valence-corrected chi connectivity index (χ3v) is 3.47. The molecule has 0 aliphatic heterocycles. The Morgan fingerprint density at radius 2 is 1.75 bits per heavy atom. The number of benzene rings is 2. The van der Waals surface area contributed by atoms with Gasteiger partial charge in [-0.1, -0.05) is 11.6 Å². The molecule has 0 radical (unpaired) electrons. The zero-order valence-corrected chi connectivity index (χ0v) is 13.1. The highest BCUT2D eigenvalue weighted by atomic mass is 35.5. The predicted molar refractivity (Wildman–Crippen MR) is 93.5 cm³/mol. The van der Waals surface area contributed by atoms with Crippen LogP contribution >= 0.6 is 11.6 Å². The topological polar surface area (TPSA) is 80.7 Å². The maximum Gasteiger partial charge on any atom is 0.269 e. The van der Waals surface area contributed by atoms with E-state index in [0.717, 1.165) is 5.56 Å². The number of nitro groups is 1. The molecule has 0 atom stereocenters. The third-order valence-electron chi connectivity index (χ3n) is 3.22. The van der Waals surface area contributed by atoms with E-state index in [1.165, 1.54) is 18.3 Å². The number of nitro benzene ring substituents is 1. The Kier molecular flexibility index (Phi) is 4.58. The molecule has 6 nitrogen and oxygen atoms in total. The van der Waals surface area contributed by atoms with E-state index in [1.807, 2.05) is 18.2 Å². The van der Waals surface area contributed by atoms with Crippen LogP contribution in [0.2, 0.25) is 5.02 Å². The molecule has 7 heteroatoms. The second-order valence-corrected chi connectivity index (χ2v) is 5.32. The van der Waals surface area contributed by atoms with E-state index >= 15 is 0 Å². The number of nitrogens with zero attached hydrogens (tertiary/aromatic N) is 2. The number of furan rings is 1. The van der Waals surface area contributed by atoms with E-state index in [4.69, 9.17) is 16.0 Å². The second kappa shape index (κ2) is 6.97. The van der Waals surface area contributed by atoms with Gasteiger partial charge in [-0.2, -0.15) is 5.10 Å². The summed E-state index contributed by atoms with van der Waals surface area (Å²) in [5, 5.41) is 15.3. The van der Waals surface area contributed by atoms with Gasteiger partial charge in [0.05, 0.1) is 16.8 Å². The molecule has 1 N–H and O–H groups in total. The fraction of sp³-hybridized carbons (Fsp3) is 0. The highest BCUT2D eigenvalue weighted by Gasteiger charge is 2.04. The summed E-state index contributed by atoms with van der Waals surface area (Å²) in [6.07, 6.45) is 1.53. The van der Waals surface area contributed by atoms with E-state index < -0.39 is 4.92 Å². The van der Waals surface area contributed by atoms with Gasteiger partial charge in [0.25, 0.3) is 5.69 Å². The number of anilines is 1. The molecule has 0 fully saturated rings. The van der Waals surface area contributed by atoms with Crippen LogP contribution in [-0.4, -0.2) is 11.1 Å². The number of hydrogen-bond acceptors (Lipinski definition) is 5. The van der Waals surface area contributed by atoms with Gasteiger partial charge in [0.15, 0.2) is 0 Å². The highest BCUT2D eigenvalue weighted by Crippen LogP contribution is 2.23. The maximum absolute atomic E-state index is 10.6. The monoisotopic (exact) mass is 341 g/mol. The van der Waals surface area contributed by atoms with Crippen LogP contribution in [0.3, 0.4) is 0 Å². The van der Waals surface area contributed by atoms with Gasteiger partial charge in [0.2, 0.25) is 0 Å². The van der Waals surface area contributed by atoms with Crippen molar-refractivity contribution in [3.63, 3.8) is 0 Å². The van der Waals surface area contributed by atoms with Crippen molar-refractivity contribution in [1.82, 2.24) is 0 Å². The standard InChI is InChI=1S/C17H12ClN3O3/c18-13-3-1-12(2-4-13)17-10-9-16(24-17)11-19-20-14-5-7-15(8-6-14)21(22)23/h1-11,20H. The van der Waals surface area contributed by atoms with Crippen molar-refractivity contribution in [1.29, 1.82) is 0 Å². The van der Waals surface area contributed by atoms with E-state index in [1.54, 1.807) is 30.3 Å². The molecule has 0 aliphatic carbocycles. The number of hydrogen-bond donors (Lipinski definition) is 1. The SMILES string of the molecule is O=[N+]([O-])c1ccc(NN=Cc2ccc(-c3ccc(Cl)cc3)o2)cc1. The Labute approximate surface area is 142 Å². The van der Waals surface area contributed by atoms with Gasteiger partial charge in [-0.15, -0.1) is 0 Å². The lowest BCUT2D eigenvalue weighted by molar-refractivity contribution is -0.384. The number of hydrazone groups is 1. The van der Waals surface area contributed by atoms with Crippen LogP contribution in [0.4, 0.5) is 11.4 Å². The van der Waals surface area contributed by atoms with Crippen LogP contribution in [0.15, 0.2) is 70.2 Å². The second-order valence-electron chi connectivity index (χ2n) is 4.88. The van der Waals surface area contributed by atoms with Crippen LogP contribution in [0.5, 0.6) is 0 Å². The number of halogens is 1. The first-order valence-corrected chi connectivity index (χ1v) is 7.39. The molecule has 3 aromatic rings. The normalized spacial score (nSPS) is 10.9. The molecule has 3 rings (SSSR count). The summed E-state index contributed by atoms with van der Waals surface area (Å²) < 4.78 is 5.68. The van der Waals surface area contributed by atoms with E-state index in [9.17, 15) is 10.1 Å². The van der Waals surface area contributed by atoms with Gasteiger partial charge < -0.3 is 4.42 Å². The molecule has 0 saturated heterocycles. The van der Waals surface area contributed by atoms with E-state index in [-0.39, 0.29) is 5.69 Å². The van der Waals surface area contributed by atoms with Gasteiger partial charge in [-0.3, -0.25) is 15.5 Å². The minimum atomic E-state index is -0.450. The first kappa shape index (κ1) is 15.8. The summed E-state index contributed by atoms with van der Waals surface area (Å²) >= 11 is 5.86. The smallest absolute Gasteiger partial charge is 0.269 e. The van der Waals surface area contributed by atoms with Crippen molar-refractivity contribution >= 4 is 29.2 Å². The Morgan fingerprint density at radius 3 is 2.42 bits per heavy atom. The third kappa shape index (κ3) is 3.80. The Balaban J connectivity index is 1.65. The van der Waals surface area contributed by atoms with Crippen LogP contribution in [0.25, 0.3) is 11.3 Å². The van der Waals surface area contributed by atoms with Crippen molar-refractivity contribution in [3.05, 3.63) is 81.6 Å². The van der Waals surface area contributed by atoms with Crippen molar-refractivity contribution in [3.8, 4) is 11.3 Å². The molecule has 120 valence electrons. The fourth-order valence-corrected chi connectivity index (χ4v) is 2.15. The summed E-state index contributed by atoms with van der Waals surface area (Å²) in [4.78, 5) is 10.1. The largest absolute Gasteiger partial charge is 0.455 e. The van der Waals surface area contributed by atoms with E-state index in [0.29, 0.717) is 22.2 Å². The molecule has 24 heavy (non-hydrogen) atoms. The molecule has 2 aromatic carbocycles. The molecule has 1 heterocycles. The molecule has 1 aromatic heterocycles. The number of rotatable bonds is 5. The zero-order valence-electron chi connectivity index (χ0n) is 12.3. The van der Waals surface area contributed by atoms with Gasteiger partial charge in [0, 0.05) is 22.7 Å². The fourth-order valence-electron chi connectivity index (χ4n) is 2.02. The first-order valence-electron chi connectivity index (χ1n) is 7.01. The lowest BCUT2D eigenvalue weighted by atomic mass is 10.2. The lowest BCUT2D eigenvalue weighted by Gasteiger charge is -1.98. The van der Waals surface area contributed by atoms with Crippen molar-refractivity contribution in [2.45, 2.75) is 0 Å². The molecule has 0 saturated carbocycles. The minimum Gasteiger partial charge on any atom is -0.455 e. The van der Waals surface area contributed by atoms with Gasteiger partial charge in [0.1, 0.15) is 11.5 Å². The van der Waals surface area contributed by atoms with Gasteiger partial charge in [-0.05, 0) is 48.5 Å². The molecule has 0 bridgehead atoms. The van der Waals surface area contributed by atoms with Crippen LogP contribution < -0.4 is 5.43 Å². The van der Waals surface area contributed by atoms with Crippen LogP contribution in [0, 0.1) is 10.1 Å². The van der Waals surface area contributed by atoms with Crippen molar-refractivity contribution < 1.29 is 9.34 Å². The van der Waals surface area contributed by atoms with Crippen LogP contribution in [-0.2, 0) is 0 Å². The highest BCUT2D eigenvalue weighted by molar-refractivity contribution is 6.30. The molecule has 0 unspecified atom stereocenters. The Hall–Kier alpha value is -3.12. The van der Waals surface area contributed by atoms with Gasteiger partial charge in [-0.25, -0.2) is 0 Å².